The van der Waals surface area contributed by atoms with Crippen molar-refractivity contribution in [1.29, 1.82) is 0 Å². The zero-order valence-electron chi connectivity index (χ0n) is 17.3. The molecule has 4 aromatic rings. The third-order valence-electron chi connectivity index (χ3n) is 5.88. The summed E-state index contributed by atoms with van der Waals surface area (Å²) in [5, 5.41) is 8.94. The molecule has 5 rings (SSSR count). The maximum atomic E-state index is 4.88. The van der Waals surface area contributed by atoms with E-state index in [0.717, 1.165) is 34.0 Å². The molecule has 1 aliphatic carbocycles. The van der Waals surface area contributed by atoms with Gasteiger partial charge in [0.05, 0.1) is 36.5 Å². The first kappa shape index (κ1) is 18.5. The van der Waals surface area contributed by atoms with Crippen molar-refractivity contribution in [2.75, 3.05) is 0 Å². The van der Waals surface area contributed by atoms with E-state index < -0.39 is 0 Å². The van der Waals surface area contributed by atoms with E-state index in [4.69, 9.17) is 4.98 Å². The number of rotatable bonds is 7. The zero-order valence-corrected chi connectivity index (χ0v) is 17.3. The number of nitrogens with zero attached hydrogens (tertiary/aromatic N) is 7. The first-order valence-electron chi connectivity index (χ1n) is 10.3. The maximum Gasteiger partial charge on any atom is 0.150 e. The van der Waals surface area contributed by atoms with E-state index >= 15 is 0 Å². The molecule has 0 radical (unpaired) electrons. The Hall–Kier alpha value is -3.48. The van der Waals surface area contributed by atoms with Crippen LogP contribution in [0.3, 0.4) is 0 Å². The molecular weight excluding hydrogens is 374 g/mol. The highest BCUT2D eigenvalue weighted by Gasteiger charge is 2.38. The summed E-state index contributed by atoms with van der Waals surface area (Å²) >= 11 is 0. The molecule has 1 atom stereocenters. The predicted molar refractivity (Wildman–Crippen MR) is 116 cm³/mol. The van der Waals surface area contributed by atoms with E-state index in [2.05, 4.69) is 45.4 Å². The SMILES string of the molecule is C=CCn1ncc(-c2c(-c3ccccc3)ncn2[C@H](c2ncnn2C)C2CC2)c1C. The predicted octanol–water partition coefficient (Wildman–Crippen LogP) is 4.04. The summed E-state index contributed by atoms with van der Waals surface area (Å²) in [6.07, 6.45) is 9.77. The molecule has 7 nitrogen and oxygen atoms in total. The fourth-order valence-electron chi connectivity index (χ4n) is 4.18. The second kappa shape index (κ2) is 7.40. The molecule has 1 aliphatic rings. The van der Waals surface area contributed by atoms with Gasteiger partial charge < -0.3 is 4.57 Å². The van der Waals surface area contributed by atoms with Gasteiger partial charge in [0.25, 0.3) is 0 Å². The number of allylic oxidation sites excluding steroid dienone is 1. The van der Waals surface area contributed by atoms with Crippen LogP contribution in [0.25, 0.3) is 22.5 Å². The minimum atomic E-state index is 0.0969. The van der Waals surface area contributed by atoms with Gasteiger partial charge in [0.2, 0.25) is 0 Å². The smallest absolute Gasteiger partial charge is 0.150 e. The van der Waals surface area contributed by atoms with Crippen LogP contribution >= 0.6 is 0 Å². The van der Waals surface area contributed by atoms with Crippen LogP contribution in [0.2, 0.25) is 0 Å². The van der Waals surface area contributed by atoms with Gasteiger partial charge in [-0.15, -0.1) is 6.58 Å². The molecule has 0 amide bonds. The Balaban J connectivity index is 1.73. The summed E-state index contributed by atoms with van der Waals surface area (Å²) in [6, 6.07) is 10.4. The normalized spacial score (nSPS) is 14.7. The Morgan fingerprint density at radius 2 is 1.97 bits per heavy atom. The van der Waals surface area contributed by atoms with Crippen molar-refractivity contribution >= 4 is 0 Å². The third kappa shape index (κ3) is 3.07. The number of aromatic nitrogens is 7. The molecule has 3 aromatic heterocycles. The topological polar surface area (TPSA) is 66.3 Å². The lowest BCUT2D eigenvalue weighted by Gasteiger charge is -2.20. The minimum absolute atomic E-state index is 0.0969. The Morgan fingerprint density at radius 3 is 2.63 bits per heavy atom. The second-order valence-corrected chi connectivity index (χ2v) is 7.85. The van der Waals surface area contributed by atoms with Crippen molar-refractivity contribution in [3.05, 3.63) is 73.4 Å². The highest BCUT2D eigenvalue weighted by molar-refractivity contribution is 5.79. The molecule has 3 heterocycles. The van der Waals surface area contributed by atoms with Crippen molar-refractivity contribution < 1.29 is 0 Å². The summed E-state index contributed by atoms with van der Waals surface area (Å²) < 4.78 is 6.14. The molecular formula is C23H25N7. The summed E-state index contributed by atoms with van der Waals surface area (Å²) in [4.78, 5) is 9.47. The monoisotopic (exact) mass is 399 g/mol. The highest BCUT2D eigenvalue weighted by atomic mass is 15.3. The van der Waals surface area contributed by atoms with Crippen LogP contribution in [0.5, 0.6) is 0 Å². The molecule has 0 saturated heterocycles. The molecule has 1 saturated carbocycles. The molecule has 0 unspecified atom stereocenters. The number of imidazole rings is 1. The van der Waals surface area contributed by atoms with Crippen LogP contribution in [0.1, 0.15) is 30.4 Å². The standard InChI is InChI=1S/C23H25N7/c1-4-12-30-16(2)19(13-26-30)22-20(17-8-6-5-7-9-17)25-15-29(22)21(18-10-11-18)23-24-14-27-28(23)3/h4-9,13-15,18,21H,1,10-12H2,2-3H3/t21-/m0/s1. The van der Waals surface area contributed by atoms with Crippen LogP contribution in [0.15, 0.2) is 61.8 Å². The van der Waals surface area contributed by atoms with Gasteiger partial charge in [-0.2, -0.15) is 10.2 Å². The Labute approximate surface area is 175 Å². The Morgan fingerprint density at radius 1 is 1.17 bits per heavy atom. The van der Waals surface area contributed by atoms with Crippen molar-refractivity contribution in [3.8, 4) is 22.5 Å². The van der Waals surface area contributed by atoms with E-state index in [9.17, 15) is 0 Å². The van der Waals surface area contributed by atoms with E-state index in [0.29, 0.717) is 12.5 Å². The first-order chi connectivity index (χ1) is 14.7. The van der Waals surface area contributed by atoms with E-state index in [1.54, 1.807) is 6.33 Å². The lowest BCUT2D eigenvalue weighted by atomic mass is 10.0. The maximum absolute atomic E-state index is 4.88. The van der Waals surface area contributed by atoms with E-state index in [1.165, 1.54) is 12.8 Å². The fraction of sp³-hybridized carbons (Fsp3) is 0.304. The molecule has 0 bridgehead atoms. The molecule has 7 heteroatoms. The molecule has 0 N–H and O–H groups in total. The van der Waals surface area contributed by atoms with Crippen LogP contribution in [0.4, 0.5) is 0 Å². The van der Waals surface area contributed by atoms with Gasteiger partial charge >= 0.3 is 0 Å². The van der Waals surface area contributed by atoms with Crippen molar-refractivity contribution in [2.45, 2.75) is 32.4 Å². The van der Waals surface area contributed by atoms with Gasteiger partial charge in [0.1, 0.15) is 12.2 Å². The van der Waals surface area contributed by atoms with E-state index in [1.807, 2.05) is 53.2 Å². The first-order valence-corrected chi connectivity index (χ1v) is 10.3. The summed E-state index contributed by atoms with van der Waals surface area (Å²) in [6.45, 7) is 6.64. The van der Waals surface area contributed by atoms with Gasteiger partial charge in [0, 0.05) is 23.9 Å². The van der Waals surface area contributed by atoms with Crippen LogP contribution in [-0.4, -0.2) is 34.1 Å². The summed E-state index contributed by atoms with van der Waals surface area (Å²) in [7, 11) is 1.96. The largest absolute Gasteiger partial charge is 0.319 e. The van der Waals surface area contributed by atoms with Crippen LogP contribution in [-0.2, 0) is 13.6 Å². The molecule has 0 aliphatic heterocycles. The Kier molecular flexibility index (Phi) is 4.58. The molecule has 152 valence electrons. The Bertz CT molecular complexity index is 1180. The van der Waals surface area contributed by atoms with Gasteiger partial charge in [0.15, 0.2) is 0 Å². The average Bonchev–Trinajstić information content (AvgIpc) is 3.21. The lowest BCUT2D eigenvalue weighted by Crippen LogP contribution is -2.18. The van der Waals surface area contributed by atoms with Crippen molar-refractivity contribution in [3.63, 3.8) is 0 Å². The number of benzene rings is 1. The van der Waals surface area contributed by atoms with Gasteiger partial charge in [-0.25, -0.2) is 9.97 Å². The second-order valence-electron chi connectivity index (χ2n) is 7.85. The third-order valence-corrected chi connectivity index (χ3v) is 5.88. The molecule has 0 spiro atoms. The summed E-state index contributed by atoms with van der Waals surface area (Å²) in [5.74, 6) is 1.50. The molecule has 1 aromatic carbocycles. The fourth-order valence-corrected chi connectivity index (χ4v) is 4.18. The van der Waals surface area contributed by atoms with Gasteiger partial charge in [-0.1, -0.05) is 36.4 Å². The average molecular weight is 400 g/mol. The van der Waals surface area contributed by atoms with Crippen molar-refractivity contribution in [1.82, 2.24) is 34.1 Å². The van der Waals surface area contributed by atoms with Crippen LogP contribution < -0.4 is 0 Å². The minimum Gasteiger partial charge on any atom is -0.319 e. The van der Waals surface area contributed by atoms with Crippen molar-refractivity contribution in [2.24, 2.45) is 13.0 Å². The zero-order chi connectivity index (χ0) is 20.7. The number of hydrogen-bond acceptors (Lipinski definition) is 4. The highest BCUT2D eigenvalue weighted by Crippen LogP contribution is 2.46. The van der Waals surface area contributed by atoms with E-state index in [-0.39, 0.29) is 6.04 Å². The molecule has 1 fully saturated rings. The lowest BCUT2D eigenvalue weighted by molar-refractivity contribution is 0.472. The van der Waals surface area contributed by atoms with Gasteiger partial charge in [-0.05, 0) is 25.7 Å². The number of hydrogen-bond donors (Lipinski definition) is 0. The van der Waals surface area contributed by atoms with Gasteiger partial charge in [-0.3, -0.25) is 9.36 Å². The van der Waals surface area contributed by atoms with Crippen LogP contribution in [0, 0.1) is 12.8 Å². The number of aryl methyl sites for hydroxylation is 1. The quantitative estimate of drug-likeness (QED) is 0.440. The molecule has 30 heavy (non-hydrogen) atoms. The summed E-state index contributed by atoms with van der Waals surface area (Å²) in [5.41, 5.74) is 5.32.